The molecule has 1 N–H and O–H groups in total. The maximum Gasteiger partial charge on any atom is 0.155 e. The van der Waals surface area contributed by atoms with E-state index in [1.807, 2.05) is 12.2 Å². The van der Waals surface area contributed by atoms with Gasteiger partial charge in [-0.05, 0) is 6.42 Å². The largest absolute Gasteiger partial charge is 0.505 e. The van der Waals surface area contributed by atoms with E-state index in [1.54, 1.807) is 0 Å². The van der Waals surface area contributed by atoms with Crippen LogP contribution in [0.2, 0.25) is 20.1 Å². The molecule has 0 bridgehead atoms. The Bertz CT molecular complexity index is 417. The summed E-state index contributed by atoms with van der Waals surface area (Å²) in [6.07, 6.45) is 5.02. The van der Waals surface area contributed by atoms with Gasteiger partial charge in [0.15, 0.2) is 5.75 Å². The third kappa shape index (κ3) is 3.62. The summed E-state index contributed by atoms with van der Waals surface area (Å²) < 4.78 is 0. The van der Waals surface area contributed by atoms with Crippen LogP contribution in [0, 0.1) is 0 Å². The molecule has 1 aromatic carbocycles. The molecule has 0 heterocycles. The molecule has 0 atom stereocenters. The van der Waals surface area contributed by atoms with Crippen LogP contribution in [-0.2, 0) is 0 Å². The van der Waals surface area contributed by atoms with E-state index in [0.29, 0.717) is 10.6 Å². The van der Waals surface area contributed by atoms with Crippen molar-refractivity contribution in [2.45, 2.75) is 18.2 Å². The summed E-state index contributed by atoms with van der Waals surface area (Å²) in [4.78, 5) is 0.585. The molecule has 6 heteroatoms. The van der Waals surface area contributed by atoms with Gasteiger partial charge in [-0.2, -0.15) is 0 Å². The van der Waals surface area contributed by atoms with E-state index in [0.717, 1.165) is 6.42 Å². The number of rotatable bonds is 4. The number of phenols is 1. The molecule has 0 fully saturated rings. The Morgan fingerprint density at radius 2 is 1.53 bits per heavy atom. The summed E-state index contributed by atoms with van der Waals surface area (Å²) >= 11 is 25.1. The van der Waals surface area contributed by atoms with Crippen LogP contribution in [0.4, 0.5) is 0 Å². The van der Waals surface area contributed by atoms with E-state index in [1.165, 1.54) is 11.8 Å². The molecule has 0 saturated carbocycles. The Morgan fingerprint density at radius 3 is 2.00 bits per heavy atom. The van der Waals surface area contributed by atoms with Gasteiger partial charge in [-0.15, -0.1) is 11.8 Å². The average molecular weight is 332 g/mol. The van der Waals surface area contributed by atoms with Crippen molar-refractivity contribution in [1.82, 2.24) is 0 Å². The number of aromatic hydroxyl groups is 1. The number of halogens is 4. The monoisotopic (exact) mass is 330 g/mol. The van der Waals surface area contributed by atoms with Crippen molar-refractivity contribution < 1.29 is 5.11 Å². The van der Waals surface area contributed by atoms with Crippen LogP contribution in [0.5, 0.6) is 5.75 Å². The molecular formula is C11H10Cl4OS. The number of phenolic OH excluding ortho intramolecular Hbond substituents is 1. The van der Waals surface area contributed by atoms with Gasteiger partial charge in [-0.3, -0.25) is 0 Å². The lowest BCUT2D eigenvalue weighted by Gasteiger charge is -2.10. The van der Waals surface area contributed by atoms with Crippen molar-refractivity contribution in [1.29, 1.82) is 0 Å². The molecule has 0 saturated heterocycles. The van der Waals surface area contributed by atoms with Crippen LogP contribution in [0.25, 0.3) is 0 Å². The highest BCUT2D eigenvalue weighted by atomic mass is 35.5. The Labute approximate surface area is 125 Å². The Balaban J connectivity index is 3.03. The van der Waals surface area contributed by atoms with Crippen LogP contribution in [-0.4, -0.2) is 10.9 Å². The summed E-state index contributed by atoms with van der Waals surface area (Å²) in [7, 11) is 0. The Morgan fingerprint density at radius 1 is 1.00 bits per heavy atom. The topological polar surface area (TPSA) is 20.2 Å². The van der Waals surface area contributed by atoms with Crippen LogP contribution in [0.3, 0.4) is 0 Å². The lowest BCUT2D eigenvalue weighted by Crippen LogP contribution is -1.84. The van der Waals surface area contributed by atoms with Gasteiger partial charge in [0, 0.05) is 10.6 Å². The predicted molar refractivity (Wildman–Crippen MR) is 78.3 cm³/mol. The molecule has 0 unspecified atom stereocenters. The quantitative estimate of drug-likeness (QED) is 0.411. The van der Waals surface area contributed by atoms with E-state index < -0.39 is 0 Å². The second kappa shape index (κ2) is 7.01. The number of benzene rings is 1. The first-order valence-electron chi connectivity index (χ1n) is 4.83. The van der Waals surface area contributed by atoms with E-state index in [-0.39, 0.29) is 25.8 Å². The standard InChI is InChI=1S/C11H10Cl4OS/c1-2-3-4-5-17-11-8(14)6(12)10(16)7(13)9(11)15/h3-4,16H,2,5H2,1H3/b4-3+. The fraction of sp³-hybridized carbons (Fsp3) is 0.273. The Kier molecular flexibility index (Phi) is 6.32. The molecular weight excluding hydrogens is 322 g/mol. The lowest BCUT2D eigenvalue weighted by molar-refractivity contribution is 0.475. The average Bonchev–Trinajstić information content (AvgIpc) is 2.33. The van der Waals surface area contributed by atoms with Crippen LogP contribution in [0.1, 0.15) is 13.3 Å². The zero-order valence-electron chi connectivity index (χ0n) is 8.94. The molecule has 0 amide bonds. The van der Waals surface area contributed by atoms with Crippen LogP contribution < -0.4 is 0 Å². The molecule has 0 aliphatic rings. The number of thioether (sulfide) groups is 1. The van der Waals surface area contributed by atoms with Gasteiger partial charge in [0.25, 0.3) is 0 Å². The van der Waals surface area contributed by atoms with Crippen molar-refractivity contribution in [2.24, 2.45) is 0 Å². The number of allylic oxidation sites excluding steroid dienone is 1. The van der Waals surface area contributed by atoms with E-state index in [2.05, 4.69) is 6.92 Å². The molecule has 0 aliphatic heterocycles. The van der Waals surface area contributed by atoms with Gasteiger partial charge < -0.3 is 5.11 Å². The van der Waals surface area contributed by atoms with Crippen molar-refractivity contribution in [2.75, 3.05) is 5.75 Å². The van der Waals surface area contributed by atoms with Gasteiger partial charge in [-0.25, -0.2) is 0 Å². The summed E-state index contributed by atoms with van der Waals surface area (Å²) in [5, 5.41) is 10.1. The SMILES string of the molecule is CC/C=C/CSc1c(Cl)c(Cl)c(O)c(Cl)c1Cl. The zero-order chi connectivity index (χ0) is 13.0. The summed E-state index contributed by atoms with van der Waals surface area (Å²) in [6.45, 7) is 2.05. The maximum atomic E-state index is 9.55. The van der Waals surface area contributed by atoms with Gasteiger partial charge in [0.2, 0.25) is 0 Å². The summed E-state index contributed by atoms with van der Waals surface area (Å²) in [6, 6.07) is 0. The third-order valence-electron chi connectivity index (χ3n) is 1.93. The molecule has 1 aromatic rings. The summed E-state index contributed by atoms with van der Waals surface area (Å²) in [5.41, 5.74) is 0. The first-order valence-corrected chi connectivity index (χ1v) is 7.33. The van der Waals surface area contributed by atoms with Gasteiger partial charge in [-0.1, -0.05) is 65.5 Å². The maximum absolute atomic E-state index is 9.55. The van der Waals surface area contributed by atoms with E-state index in [4.69, 9.17) is 46.4 Å². The normalized spacial score (nSPS) is 11.4. The molecule has 0 radical (unpaired) electrons. The fourth-order valence-corrected chi connectivity index (χ4v) is 3.23. The number of hydrogen-bond donors (Lipinski definition) is 1. The van der Waals surface area contributed by atoms with Crippen LogP contribution in [0.15, 0.2) is 17.0 Å². The minimum atomic E-state index is -0.281. The van der Waals surface area contributed by atoms with Crippen LogP contribution >= 0.6 is 58.2 Å². The van der Waals surface area contributed by atoms with Crippen molar-refractivity contribution in [3.63, 3.8) is 0 Å². The summed E-state index contributed by atoms with van der Waals surface area (Å²) in [5.74, 6) is 0.432. The molecule has 0 aliphatic carbocycles. The second-order valence-corrected chi connectivity index (χ2v) is 5.67. The molecule has 1 rings (SSSR count). The zero-order valence-corrected chi connectivity index (χ0v) is 12.8. The second-order valence-electron chi connectivity index (χ2n) is 3.12. The fourth-order valence-electron chi connectivity index (χ4n) is 1.09. The number of hydrogen-bond acceptors (Lipinski definition) is 2. The van der Waals surface area contributed by atoms with Gasteiger partial charge >= 0.3 is 0 Å². The molecule has 0 aromatic heterocycles. The third-order valence-corrected chi connectivity index (χ3v) is 4.89. The van der Waals surface area contributed by atoms with Crippen molar-refractivity contribution in [3.05, 3.63) is 32.2 Å². The minimum Gasteiger partial charge on any atom is -0.505 e. The highest BCUT2D eigenvalue weighted by molar-refractivity contribution is 7.99. The Hall–Kier alpha value is 0.270. The lowest BCUT2D eigenvalue weighted by atomic mass is 10.3. The van der Waals surface area contributed by atoms with E-state index in [9.17, 15) is 5.11 Å². The molecule has 17 heavy (non-hydrogen) atoms. The predicted octanol–water partition coefficient (Wildman–Crippen LogP) is 6.06. The molecule has 0 spiro atoms. The minimum absolute atomic E-state index is 0.0306. The van der Waals surface area contributed by atoms with E-state index >= 15 is 0 Å². The smallest absolute Gasteiger partial charge is 0.155 e. The first kappa shape index (κ1) is 15.3. The highest BCUT2D eigenvalue weighted by Crippen LogP contribution is 2.48. The van der Waals surface area contributed by atoms with Gasteiger partial charge in [0.05, 0.1) is 10.0 Å². The molecule has 94 valence electrons. The van der Waals surface area contributed by atoms with Crippen molar-refractivity contribution in [3.8, 4) is 5.75 Å². The van der Waals surface area contributed by atoms with Gasteiger partial charge in [0.1, 0.15) is 10.0 Å². The highest BCUT2D eigenvalue weighted by Gasteiger charge is 2.19. The molecule has 1 nitrogen and oxygen atoms in total. The first-order chi connectivity index (χ1) is 8.00. The van der Waals surface area contributed by atoms with Crippen molar-refractivity contribution >= 4 is 58.2 Å².